The van der Waals surface area contributed by atoms with Crippen molar-refractivity contribution in [3.63, 3.8) is 0 Å². The first-order valence-electron chi connectivity index (χ1n) is 3.41. The summed E-state index contributed by atoms with van der Waals surface area (Å²) >= 11 is 0. The highest BCUT2D eigenvalue weighted by Crippen LogP contribution is 2.03. The molecular weight excluding hydrogens is 112 g/mol. The molecule has 0 amide bonds. The Morgan fingerprint density at radius 1 is 1.56 bits per heavy atom. The molecule has 1 heteroatoms. The van der Waals surface area contributed by atoms with E-state index < -0.39 is 0 Å². The minimum absolute atomic E-state index is 0.295. The van der Waals surface area contributed by atoms with Crippen molar-refractivity contribution in [1.29, 1.82) is 0 Å². The lowest BCUT2D eigenvalue weighted by Gasteiger charge is -2.01. The lowest BCUT2D eigenvalue weighted by molar-refractivity contribution is 0.238. The van der Waals surface area contributed by atoms with E-state index >= 15 is 0 Å². The van der Waals surface area contributed by atoms with Gasteiger partial charge in [-0.25, -0.2) is 0 Å². The maximum absolute atomic E-state index is 8.62. The molecule has 0 aliphatic heterocycles. The molecule has 0 heterocycles. The highest BCUT2D eigenvalue weighted by Gasteiger charge is 1.94. The molecule has 1 N–H and O–H groups in total. The summed E-state index contributed by atoms with van der Waals surface area (Å²) in [6.07, 6.45) is 3.15. The zero-order chi connectivity index (χ0) is 7.28. The van der Waals surface area contributed by atoms with E-state index in [1.54, 1.807) is 0 Å². The summed E-state index contributed by atoms with van der Waals surface area (Å²) in [7, 11) is 0. The molecule has 1 unspecified atom stereocenters. The highest BCUT2D eigenvalue weighted by atomic mass is 16.3. The summed E-state index contributed by atoms with van der Waals surface area (Å²) in [6.45, 7) is 6.48. The third-order valence-electron chi connectivity index (χ3n) is 1.24. The monoisotopic (exact) mass is 128 g/mol. The van der Waals surface area contributed by atoms with Crippen LogP contribution >= 0.6 is 0 Å². The first kappa shape index (κ1) is 8.70. The van der Waals surface area contributed by atoms with Gasteiger partial charge in [-0.3, -0.25) is 0 Å². The van der Waals surface area contributed by atoms with Crippen LogP contribution in [0.4, 0.5) is 0 Å². The minimum atomic E-state index is 0.295. The van der Waals surface area contributed by atoms with Gasteiger partial charge in [0.1, 0.15) is 0 Å². The highest BCUT2D eigenvalue weighted by molar-refractivity contribution is 4.93. The zero-order valence-electron chi connectivity index (χ0n) is 6.52. The SMILES string of the molecule is CC(C)=CCC(C)CO. The second kappa shape index (κ2) is 4.57. The van der Waals surface area contributed by atoms with E-state index in [1.807, 2.05) is 6.92 Å². The summed E-state index contributed by atoms with van der Waals surface area (Å²) in [5, 5.41) is 8.62. The molecule has 0 aliphatic rings. The van der Waals surface area contributed by atoms with Crippen LogP contribution in [0.3, 0.4) is 0 Å². The molecule has 0 fully saturated rings. The molecule has 0 saturated heterocycles. The Bertz CT molecular complexity index is 90.7. The van der Waals surface area contributed by atoms with Crippen LogP contribution < -0.4 is 0 Å². The third kappa shape index (κ3) is 5.57. The van der Waals surface area contributed by atoms with E-state index in [9.17, 15) is 0 Å². The molecule has 0 aromatic heterocycles. The Morgan fingerprint density at radius 3 is 2.44 bits per heavy atom. The number of allylic oxidation sites excluding steroid dienone is 2. The van der Waals surface area contributed by atoms with Crippen molar-refractivity contribution in [3.8, 4) is 0 Å². The average Bonchev–Trinajstić information content (AvgIpc) is 1.83. The van der Waals surface area contributed by atoms with E-state index in [-0.39, 0.29) is 0 Å². The standard InChI is InChI=1S/C8H16O/c1-7(2)4-5-8(3)6-9/h4,8-9H,5-6H2,1-3H3. The lowest BCUT2D eigenvalue weighted by Crippen LogP contribution is -1.97. The molecule has 9 heavy (non-hydrogen) atoms. The summed E-state index contributed by atoms with van der Waals surface area (Å²) in [4.78, 5) is 0. The van der Waals surface area contributed by atoms with E-state index in [4.69, 9.17) is 5.11 Å². The molecule has 0 aliphatic carbocycles. The molecule has 0 aromatic rings. The fourth-order valence-corrected chi connectivity index (χ4v) is 0.511. The van der Waals surface area contributed by atoms with Gasteiger partial charge in [0.2, 0.25) is 0 Å². The van der Waals surface area contributed by atoms with Crippen LogP contribution in [0.15, 0.2) is 11.6 Å². The number of hydrogen-bond donors (Lipinski definition) is 1. The molecule has 0 spiro atoms. The number of aliphatic hydroxyl groups excluding tert-OH is 1. The quantitative estimate of drug-likeness (QED) is 0.576. The van der Waals surface area contributed by atoms with Crippen molar-refractivity contribution in [2.75, 3.05) is 6.61 Å². The number of hydrogen-bond acceptors (Lipinski definition) is 1. The van der Waals surface area contributed by atoms with Gasteiger partial charge in [-0.2, -0.15) is 0 Å². The molecule has 54 valence electrons. The maximum atomic E-state index is 8.62. The van der Waals surface area contributed by atoms with E-state index in [1.165, 1.54) is 5.57 Å². The van der Waals surface area contributed by atoms with Crippen LogP contribution in [0.2, 0.25) is 0 Å². The van der Waals surface area contributed by atoms with Gasteiger partial charge in [0.05, 0.1) is 0 Å². The van der Waals surface area contributed by atoms with Gasteiger partial charge in [0.25, 0.3) is 0 Å². The molecule has 1 atom stereocenters. The van der Waals surface area contributed by atoms with Crippen LogP contribution in [-0.2, 0) is 0 Å². The van der Waals surface area contributed by atoms with E-state index in [0.29, 0.717) is 12.5 Å². The van der Waals surface area contributed by atoms with Gasteiger partial charge in [0, 0.05) is 6.61 Å². The lowest BCUT2D eigenvalue weighted by atomic mass is 10.1. The molecule has 0 radical (unpaired) electrons. The molecular formula is C8H16O. The van der Waals surface area contributed by atoms with Crippen molar-refractivity contribution >= 4 is 0 Å². The fraction of sp³-hybridized carbons (Fsp3) is 0.750. The number of rotatable bonds is 3. The van der Waals surface area contributed by atoms with Crippen LogP contribution in [0, 0.1) is 5.92 Å². The van der Waals surface area contributed by atoms with Gasteiger partial charge in [-0.1, -0.05) is 18.6 Å². The average molecular weight is 128 g/mol. The third-order valence-corrected chi connectivity index (χ3v) is 1.24. The minimum Gasteiger partial charge on any atom is -0.396 e. The zero-order valence-corrected chi connectivity index (χ0v) is 6.52. The Morgan fingerprint density at radius 2 is 2.11 bits per heavy atom. The van der Waals surface area contributed by atoms with Crippen LogP contribution in [0.1, 0.15) is 27.2 Å². The summed E-state index contributed by atoms with van der Waals surface area (Å²) < 4.78 is 0. The normalized spacial score (nSPS) is 12.9. The van der Waals surface area contributed by atoms with Crippen molar-refractivity contribution < 1.29 is 5.11 Å². The van der Waals surface area contributed by atoms with Crippen LogP contribution in [0.25, 0.3) is 0 Å². The van der Waals surface area contributed by atoms with E-state index in [0.717, 1.165) is 6.42 Å². The molecule has 0 bridgehead atoms. The Kier molecular flexibility index (Phi) is 4.41. The molecule has 0 aromatic carbocycles. The van der Waals surface area contributed by atoms with Gasteiger partial charge in [0.15, 0.2) is 0 Å². The van der Waals surface area contributed by atoms with Crippen LogP contribution in [0.5, 0.6) is 0 Å². The summed E-state index contributed by atoms with van der Waals surface area (Å²) in [6, 6.07) is 0. The van der Waals surface area contributed by atoms with Crippen molar-refractivity contribution in [2.24, 2.45) is 5.92 Å². The number of aliphatic hydroxyl groups is 1. The molecule has 0 rings (SSSR count). The fourth-order valence-electron chi connectivity index (χ4n) is 0.511. The first-order valence-corrected chi connectivity index (χ1v) is 3.41. The largest absolute Gasteiger partial charge is 0.396 e. The van der Waals surface area contributed by atoms with E-state index in [2.05, 4.69) is 19.9 Å². The van der Waals surface area contributed by atoms with Gasteiger partial charge in [-0.15, -0.1) is 0 Å². The first-order chi connectivity index (χ1) is 4.16. The van der Waals surface area contributed by atoms with Crippen molar-refractivity contribution in [2.45, 2.75) is 27.2 Å². The summed E-state index contributed by atoms with van der Waals surface area (Å²) in [5.41, 5.74) is 1.33. The molecule has 1 nitrogen and oxygen atoms in total. The van der Waals surface area contributed by atoms with Gasteiger partial charge in [-0.05, 0) is 26.2 Å². The Labute approximate surface area is 57.4 Å². The second-order valence-electron chi connectivity index (χ2n) is 2.80. The van der Waals surface area contributed by atoms with Gasteiger partial charge < -0.3 is 5.11 Å². The van der Waals surface area contributed by atoms with Gasteiger partial charge >= 0.3 is 0 Å². The second-order valence-corrected chi connectivity index (χ2v) is 2.80. The Hall–Kier alpha value is -0.300. The Balaban J connectivity index is 3.37. The predicted molar refractivity (Wildman–Crippen MR) is 40.3 cm³/mol. The summed E-state index contributed by atoms with van der Waals surface area (Å²) in [5.74, 6) is 0.417. The van der Waals surface area contributed by atoms with Crippen molar-refractivity contribution in [1.82, 2.24) is 0 Å². The van der Waals surface area contributed by atoms with Crippen molar-refractivity contribution in [3.05, 3.63) is 11.6 Å². The topological polar surface area (TPSA) is 20.2 Å². The maximum Gasteiger partial charge on any atom is 0.0459 e. The van der Waals surface area contributed by atoms with Crippen LogP contribution in [-0.4, -0.2) is 11.7 Å². The predicted octanol–water partition coefficient (Wildman–Crippen LogP) is 1.97. The smallest absolute Gasteiger partial charge is 0.0459 e. The molecule has 0 saturated carbocycles.